The van der Waals surface area contributed by atoms with Gasteiger partial charge in [0, 0.05) is 23.5 Å². The maximum absolute atomic E-state index is 12.3. The number of carboxylic acid groups (broad SMARTS) is 1. The number of benzene rings is 1. The molecule has 22 heavy (non-hydrogen) atoms. The molecule has 1 unspecified atom stereocenters. The molecule has 116 valence electrons. The average molecular weight is 305 g/mol. The Hall–Kier alpha value is -2.87. The van der Waals surface area contributed by atoms with Crippen molar-refractivity contribution in [3.8, 4) is 0 Å². The van der Waals surface area contributed by atoms with Crippen LogP contribution in [0.15, 0.2) is 30.5 Å². The first kappa shape index (κ1) is 15.5. The number of nitrogens with two attached hydrogens (primary N) is 1. The molecule has 0 aliphatic carbocycles. The standard InChI is InChI=1S/C14H15N3O5/c15-12(18)6-5-11(14(20)21)17(22)13(19)9-7-16-10-4-2-1-3-8(9)10/h1-4,7,11,16,22H,5-6H2,(H2,15,18)(H,20,21). The van der Waals surface area contributed by atoms with E-state index in [-0.39, 0.29) is 23.5 Å². The average Bonchev–Trinajstić information content (AvgIpc) is 2.89. The predicted molar refractivity (Wildman–Crippen MR) is 76.1 cm³/mol. The molecular formula is C14H15N3O5. The van der Waals surface area contributed by atoms with Crippen molar-refractivity contribution in [2.45, 2.75) is 18.9 Å². The van der Waals surface area contributed by atoms with Gasteiger partial charge in [-0.05, 0) is 12.5 Å². The summed E-state index contributed by atoms with van der Waals surface area (Å²) in [5, 5.41) is 19.7. The molecule has 0 bridgehead atoms. The first-order chi connectivity index (χ1) is 10.4. The van der Waals surface area contributed by atoms with Gasteiger partial charge >= 0.3 is 5.97 Å². The summed E-state index contributed by atoms with van der Waals surface area (Å²) in [7, 11) is 0. The number of carboxylic acids is 1. The summed E-state index contributed by atoms with van der Waals surface area (Å²) in [6, 6.07) is 5.36. The minimum atomic E-state index is -1.55. The maximum Gasteiger partial charge on any atom is 0.329 e. The third-order valence-electron chi connectivity index (χ3n) is 3.27. The Morgan fingerprint density at radius 2 is 1.95 bits per heavy atom. The van der Waals surface area contributed by atoms with E-state index in [2.05, 4.69) is 4.98 Å². The third kappa shape index (κ3) is 3.07. The van der Waals surface area contributed by atoms with Crippen molar-refractivity contribution in [3.05, 3.63) is 36.0 Å². The first-order valence-electron chi connectivity index (χ1n) is 6.51. The Bertz CT molecular complexity index is 724. The van der Waals surface area contributed by atoms with Gasteiger partial charge in [0.05, 0.1) is 5.56 Å². The fourth-order valence-electron chi connectivity index (χ4n) is 2.14. The van der Waals surface area contributed by atoms with Gasteiger partial charge < -0.3 is 15.8 Å². The molecule has 0 aliphatic heterocycles. The maximum atomic E-state index is 12.3. The molecule has 2 amide bonds. The molecule has 1 heterocycles. The van der Waals surface area contributed by atoms with E-state index in [0.717, 1.165) is 0 Å². The van der Waals surface area contributed by atoms with Crippen LogP contribution in [-0.4, -0.2) is 44.2 Å². The normalized spacial score (nSPS) is 12.0. The van der Waals surface area contributed by atoms with Gasteiger partial charge in [0.15, 0.2) is 6.04 Å². The van der Waals surface area contributed by atoms with Crippen LogP contribution in [0.3, 0.4) is 0 Å². The number of carbonyl (C=O) groups is 3. The second kappa shape index (κ2) is 6.27. The van der Waals surface area contributed by atoms with E-state index in [9.17, 15) is 19.6 Å². The third-order valence-corrected chi connectivity index (χ3v) is 3.27. The van der Waals surface area contributed by atoms with Crippen LogP contribution in [0, 0.1) is 0 Å². The van der Waals surface area contributed by atoms with E-state index in [4.69, 9.17) is 10.8 Å². The van der Waals surface area contributed by atoms with E-state index in [1.54, 1.807) is 24.3 Å². The second-order valence-electron chi connectivity index (χ2n) is 4.76. The van der Waals surface area contributed by atoms with Crippen molar-refractivity contribution in [2.24, 2.45) is 5.73 Å². The summed E-state index contributed by atoms with van der Waals surface area (Å²) in [6.45, 7) is 0. The van der Waals surface area contributed by atoms with Crippen LogP contribution in [0.4, 0.5) is 0 Å². The zero-order valence-corrected chi connectivity index (χ0v) is 11.5. The molecule has 0 spiro atoms. The molecule has 0 fully saturated rings. The molecule has 2 rings (SSSR count). The Morgan fingerprint density at radius 3 is 2.59 bits per heavy atom. The number of amides is 2. The molecule has 1 aromatic carbocycles. The van der Waals surface area contributed by atoms with Crippen molar-refractivity contribution >= 4 is 28.7 Å². The summed E-state index contributed by atoms with van der Waals surface area (Å²) < 4.78 is 0. The largest absolute Gasteiger partial charge is 0.480 e. The number of aromatic nitrogens is 1. The number of nitrogens with zero attached hydrogens (tertiary/aromatic N) is 1. The summed E-state index contributed by atoms with van der Waals surface area (Å²) in [6.07, 6.45) is 0.869. The second-order valence-corrected chi connectivity index (χ2v) is 4.76. The molecule has 0 aliphatic rings. The van der Waals surface area contributed by atoms with Crippen molar-refractivity contribution in [1.29, 1.82) is 0 Å². The summed E-state index contributed by atoms with van der Waals surface area (Å²) in [5.74, 6) is -2.99. The summed E-state index contributed by atoms with van der Waals surface area (Å²) in [4.78, 5) is 37.1. The Morgan fingerprint density at radius 1 is 1.27 bits per heavy atom. The summed E-state index contributed by atoms with van der Waals surface area (Å²) in [5.41, 5.74) is 5.79. The van der Waals surface area contributed by atoms with E-state index >= 15 is 0 Å². The number of rotatable bonds is 6. The number of hydroxylamine groups is 2. The molecule has 0 radical (unpaired) electrons. The van der Waals surface area contributed by atoms with Crippen LogP contribution >= 0.6 is 0 Å². The lowest BCUT2D eigenvalue weighted by molar-refractivity contribution is -0.158. The lowest BCUT2D eigenvalue weighted by atomic mass is 10.1. The number of aliphatic carboxylic acids is 1. The fourth-order valence-corrected chi connectivity index (χ4v) is 2.14. The molecule has 0 saturated heterocycles. The molecule has 8 nitrogen and oxygen atoms in total. The Labute approximate surface area is 125 Å². The number of primary amides is 1. The number of nitrogens with one attached hydrogen (secondary N) is 1. The molecule has 0 saturated carbocycles. The SMILES string of the molecule is NC(=O)CCC(C(=O)O)N(O)C(=O)c1c[nH]c2ccccc12. The van der Waals surface area contributed by atoms with E-state index in [1.807, 2.05) is 0 Å². The number of para-hydroxylation sites is 1. The minimum Gasteiger partial charge on any atom is -0.480 e. The monoisotopic (exact) mass is 305 g/mol. The number of aromatic amines is 1. The van der Waals surface area contributed by atoms with Crippen LogP contribution in [0.25, 0.3) is 10.9 Å². The van der Waals surface area contributed by atoms with Gasteiger partial charge in [-0.2, -0.15) is 0 Å². The van der Waals surface area contributed by atoms with Crippen molar-refractivity contribution < 1.29 is 24.7 Å². The van der Waals surface area contributed by atoms with Crippen molar-refractivity contribution in [2.75, 3.05) is 0 Å². The van der Waals surface area contributed by atoms with Crippen molar-refractivity contribution in [1.82, 2.24) is 10.0 Å². The van der Waals surface area contributed by atoms with Gasteiger partial charge in [0.1, 0.15) is 0 Å². The quantitative estimate of drug-likeness (QED) is 0.460. The highest BCUT2D eigenvalue weighted by Crippen LogP contribution is 2.20. The number of carbonyl (C=O) groups excluding carboxylic acids is 2. The zero-order chi connectivity index (χ0) is 16.3. The number of hydrogen-bond donors (Lipinski definition) is 4. The predicted octanol–water partition coefficient (Wildman–Crippen LogP) is 0.718. The molecule has 1 aromatic heterocycles. The topological polar surface area (TPSA) is 137 Å². The highest BCUT2D eigenvalue weighted by molar-refractivity contribution is 6.07. The van der Waals surface area contributed by atoms with E-state index in [1.165, 1.54) is 6.20 Å². The number of H-pyrrole nitrogens is 1. The fraction of sp³-hybridized carbons (Fsp3) is 0.214. The zero-order valence-electron chi connectivity index (χ0n) is 11.5. The van der Waals surface area contributed by atoms with Crippen LogP contribution in [0.5, 0.6) is 0 Å². The van der Waals surface area contributed by atoms with Gasteiger partial charge in [-0.15, -0.1) is 0 Å². The Balaban J connectivity index is 2.26. The molecule has 2 aromatic rings. The van der Waals surface area contributed by atoms with Crippen molar-refractivity contribution in [3.63, 3.8) is 0 Å². The van der Waals surface area contributed by atoms with Gasteiger partial charge in [0.2, 0.25) is 5.91 Å². The van der Waals surface area contributed by atoms with Crippen LogP contribution in [0.2, 0.25) is 0 Å². The van der Waals surface area contributed by atoms with Gasteiger partial charge in [-0.1, -0.05) is 18.2 Å². The number of fused-ring (bicyclic) bond motifs is 1. The highest BCUT2D eigenvalue weighted by Gasteiger charge is 2.30. The Kier molecular flexibility index (Phi) is 4.42. The molecular weight excluding hydrogens is 290 g/mol. The van der Waals surface area contributed by atoms with E-state index < -0.39 is 23.8 Å². The van der Waals surface area contributed by atoms with Gasteiger partial charge in [-0.25, -0.2) is 9.86 Å². The smallest absolute Gasteiger partial charge is 0.329 e. The minimum absolute atomic E-state index is 0.126. The van der Waals surface area contributed by atoms with Crippen LogP contribution in [0.1, 0.15) is 23.2 Å². The first-order valence-corrected chi connectivity index (χ1v) is 6.51. The highest BCUT2D eigenvalue weighted by atomic mass is 16.5. The lowest BCUT2D eigenvalue weighted by Gasteiger charge is -2.21. The van der Waals surface area contributed by atoms with Gasteiger partial charge in [-0.3, -0.25) is 14.8 Å². The van der Waals surface area contributed by atoms with Gasteiger partial charge in [0.25, 0.3) is 5.91 Å². The molecule has 1 atom stereocenters. The van der Waals surface area contributed by atoms with Crippen LogP contribution in [-0.2, 0) is 9.59 Å². The lowest BCUT2D eigenvalue weighted by Crippen LogP contribution is -2.43. The molecule has 5 N–H and O–H groups in total. The molecule has 8 heteroatoms. The summed E-state index contributed by atoms with van der Waals surface area (Å²) >= 11 is 0. The van der Waals surface area contributed by atoms with E-state index in [0.29, 0.717) is 10.9 Å². The van der Waals surface area contributed by atoms with Crippen LogP contribution < -0.4 is 5.73 Å². The number of hydrogen-bond acceptors (Lipinski definition) is 4.